The molecular weight excluding hydrogens is 354 g/mol. The minimum Gasteiger partial charge on any atom is -0.444 e. The van der Waals surface area contributed by atoms with Crippen LogP contribution in [-0.4, -0.2) is 67.2 Å². The van der Waals surface area contributed by atoms with Crippen LogP contribution in [0.2, 0.25) is 0 Å². The highest BCUT2D eigenvalue weighted by Gasteiger charge is 2.30. The summed E-state index contributed by atoms with van der Waals surface area (Å²) in [7, 11) is 4.08. The van der Waals surface area contributed by atoms with Crippen LogP contribution in [-0.2, 0) is 16.0 Å². The van der Waals surface area contributed by atoms with Crippen LogP contribution in [0.1, 0.15) is 39.2 Å². The lowest BCUT2D eigenvalue weighted by molar-refractivity contribution is -0.126. The van der Waals surface area contributed by atoms with Gasteiger partial charge in [0.1, 0.15) is 5.60 Å². The fourth-order valence-electron chi connectivity index (χ4n) is 3.34. The molecule has 1 aliphatic rings. The third-order valence-corrected chi connectivity index (χ3v) is 5.07. The van der Waals surface area contributed by atoms with Gasteiger partial charge in [-0.15, -0.1) is 0 Å². The summed E-state index contributed by atoms with van der Waals surface area (Å²) in [6.45, 7) is 7.33. The van der Waals surface area contributed by atoms with Crippen LogP contribution in [0.15, 0.2) is 30.3 Å². The molecule has 0 saturated carbocycles. The molecule has 1 atom stereocenters. The Kier molecular flexibility index (Phi) is 7.87. The van der Waals surface area contributed by atoms with Gasteiger partial charge in [-0.05, 0) is 59.7 Å². The van der Waals surface area contributed by atoms with Gasteiger partial charge in [0.15, 0.2) is 0 Å². The minimum atomic E-state index is -0.495. The van der Waals surface area contributed by atoms with Crippen LogP contribution >= 0.6 is 0 Å². The van der Waals surface area contributed by atoms with E-state index < -0.39 is 5.60 Å². The molecule has 6 nitrogen and oxygen atoms in total. The first-order valence-corrected chi connectivity index (χ1v) is 10.1. The minimum absolute atomic E-state index is 0.0433. The normalized spacial score (nSPS) is 16.7. The Balaban J connectivity index is 1.79. The largest absolute Gasteiger partial charge is 0.444 e. The Labute approximate surface area is 169 Å². The summed E-state index contributed by atoms with van der Waals surface area (Å²) in [6, 6.07) is 10.6. The average molecular weight is 390 g/mol. The van der Waals surface area contributed by atoms with Crippen LogP contribution in [0, 0.1) is 5.92 Å². The molecular formula is C22H35N3O3. The van der Waals surface area contributed by atoms with Gasteiger partial charge in [-0.1, -0.05) is 30.3 Å². The highest BCUT2D eigenvalue weighted by Crippen LogP contribution is 2.20. The zero-order valence-corrected chi connectivity index (χ0v) is 17.9. The van der Waals surface area contributed by atoms with Gasteiger partial charge < -0.3 is 19.9 Å². The van der Waals surface area contributed by atoms with Crippen molar-refractivity contribution in [2.45, 2.75) is 51.7 Å². The van der Waals surface area contributed by atoms with Gasteiger partial charge in [0.05, 0.1) is 0 Å². The van der Waals surface area contributed by atoms with E-state index in [-0.39, 0.29) is 24.0 Å². The molecule has 156 valence electrons. The van der Waals surface area contributed by atoms with Crippen molar-refractivity contribution in [2.24, 2.45) is 5.92 Å². The molecule has 0 bridgehead atoms. The van der Waals surface area contributed by atoms with Crippen molar-refractivity contribution in [1.82, 2.24) is 15.1 Å². The monoisotopic (exact) mass is 389 g/mol. The van der Waals surface area contributed by atoms with Gasteiger partial charge in [0.25, 0.3) is 0 Å². The molecule has 1 saturated heterocycles. The molecule has 0 spiro atoms. The number of carbonyl (C=O) groups excluding carboxylic acids is 2. The maximum absolute atomic E-state index is 12.6. The van der Waals surface area contributed by atoms with E-state index in [0.717, 1.165) is 6.42 Å². The number of hydrogen-bond donors (Lipinski definition) is 1. The van der Waals surface area contributed by atoms with Gasteiger partial charge in [-0.2, -0.15) is 0 Å². The molecule has 1 fully saturated rings. The predicted octanol–water partition coefficient (Wildman–Crippen LogP) is 2.92. The van der Waals surface area contributed by atoms with Gasteiger partial charge in [0.2, 0.25) is 5.91 Å². The SMILES string of the molecule is CN(C)C(CNC(=O)C1CCN(C(=O)OC(C)(C)C)CC1)Cc1ccccc1. The van der Waals surface area contributed by atoms with E-state index >= 15 is 0 Å². The smallest absolute Gasteiger partial charge is 0.410 e. The standard InChI is InChI=1S/C22H35N3O3/c1-22(2,3)28-21(27)25-13-11-18(12-14-25)20(26)23-16-19(24(4)5)15-17-9-7-6-8-10-17/h6-10,18-19H,11-16H2,1-5H3,(H,23,26). The summed E-state index contributed by atoms with van der Waals surface area (Å²) in [5, 5.41) is 3.12. The maximum atomic E-state index is 12.6. The highest BCUT2D eigenvalue weighted by molar-refractivity contribution is 5.79. The first kappa shape index (κ1) is 22.2. The Morgan fingerprint density at radius 2 is 1.79 bits per heavy atom. The van der Waals surface area contributed by atoms with Crippen molar-refractivity contribution in [3.05, 3.63) is 35.9 Å². The molecule has 6 heteroatoms. The summed E-state index contributed by atoms with van der Waals surface area (Å²) in [5.74, 6) is 0.0435. The van der Waals surface area contributed by atoms with Gasteiger partial charge in [0, 0.05) is 31.6 Å². The van der Waals surface area contributed by atoms with Crippen LogP contribution in [0.3, 0.4) is 0 Å². The number of benzene rings is 1. The number of carbonyl (C=O) groups is 2. The van der Waals surface area contributed by atoms with Gasteiger partial charge in [-0.25, -0.2) is 4.79 Å². The molecule has 1 unspecified atom stereocenters. The average Bonchev–Trinajstić information content (AvgIpc) is 2.64. The van der Waals surface area contributed by atoms with Crippen molar-refractivity contribution < 1.29 is 14.3 Å². The number of ether oxygens (including phenoxy) is 1. The Morgan fingerprint density at radius 3 is 2.32 bits per heavy atom. The van der Waals surface area contributed by atoms with Crippen LogP contribution < -0.4 is 5.32 Å². The second-order valence-electron chi connectivity index (χ2n) is 8.79. The number of nitrogens with one attached hydrogen (secondary N) is 1. The molecule has 0 aromatic heterocycles. The lowest BCUT2D eigenvalue weighted by atomic mass is 9.96. The lowest BCUT2D eigenvalue weighted by Gasteiger charge is -2.33. The third kappa shape index (κ3) is 7.15. The Bertz CT molecular complexity index is 632. The topological polar surface area (TPSA) is 61.9 Å². The number of rotatable bonds is 6. The zero-order chi connectivity index (χ0) is 20.7. The molecule has 1 aliphatic heterocycles. The van der Waals surface area contributed by atoms with Gasteiger partial charge in [-0.3, -0.25) is 4.79 Å². The Hall–Kier alpha value is -2.08. The second kappa shape index (κ2) is 9.92. The predicted molar refractivity (Wildman–Crippen MR) is 111 cm³/mol. The van der Waals surface area contributed by atoms with E-state index in [1.165, 1.54) is 5.56 Å². The number of likely N-dealkylation sites (tertiary alicyclic amines) is 1. The Morgan fingerprint density at radius 1 is 1.18 bits per heavy atom. The number of piperidine rings is 1. The number of nitrogens with zero attached hydrogens (tertiary/aromatic N) is 2. The molecule has 1 aromatic carbocycles. The summed E-state index contributed by atoms with van der Waals surface area (Å²) in [5.41, 5.74) is 0.770. The van der Waals surface area contributed by atoms with E-state index in [9.17, 15) is 9.59 Å². The number of hydrogen-bond acceptors (Lipinski definition) is 4. The van der Waals surface area contributed by atoms with E-state index in [0.29, 0.717) is 32.5 Å². The fraction of sp³-hybridized carbons (Fsp3) is 0.636. The van der Waals surface area contributed by atoms with E-state index in [4.69, 9.17) is 4.74 Å². The molecule has 2 amide bonds. The maximum Gasteiger partial charge on any atom is 0.410 e. The van der Waals surface area contributed by atoms with E-state index in [1.807, 2.05) is 53.1 Å². The first-order chi connectivity index (χ1) is 13.2. The molecule has 1 N–H and O–H groups in total. The molecule has 28 heavy (non-hydrogen) atoms. The van der Waals surface area contributed by atoms with Gasteiger partial charge >= 0.3 is 6.09 Å². The van der Waals surface area contributed by atoms with Crippen LogP contribution in [0.25, 0.3) is 0 Å². The van der Waals surface area contributed by atoms with E-state index in [2.05, 4.69) is 22.3 Å². The van der Waals surface area contributed by atoms with Crippen molar-refractivity contribution in [2.75, 3.05) is 33.7 Å². The summed E-state index contributed by atoms with van der Waals surface area (Å²) >= 11 is 0. The van der Waals surface area contributed by atoms with E-state index in [1.54, 1.807) is 4.90 Å². The molecule has 0 radical (unpaired) electrons. The van der Waals surface area contributed by atoms with Crippen molar-refractivity contribution in [1.29, 1.82) is 0 Å². The fourth-order valence-corrected chi connectivity index (χ4v) is 3.34. The summed E-state index contributed by atoms with van der Waals surface area (Å²) in [4.78, 5) is 28.6. The molecule has 1 aromatic rings. The molecule has 0 aliphatic carbocycles. The number of likely N-dealkylation sites (N-methyl/N-ethyl adjacent to an activating group) is 1. The number of amides is 2. The summed E-state index contributed by atoms with van der Waals surface area (Å²) in [6.07, 6.45) is 1.96. The summed E-state index contributed by atoms with van der Waals surface area (Å²) < 4.78 is 5.42. The van der Waals surface area contributed by atoms with Crippen LogP contribution in [0.4, 0.5) is 4.79 Å². The first-order valence-electron chi connectivity index (χ1n) is 10.1. The lowest BCUT2D eigenvalue weighted by Crippen LogP contribution is -2.47. The van der Waals surface area contributed by atoms with Crippen molar-refractivity contribution in [3.63, 3.8) is 0 Å². The van der Waals surface area contributed by atoms with Crippen LogP contribution in [0.5, 0.6) is 0 Å². The van der Waals surface area contributed by atoms with Crippen molar-refractivity contribution >= 4 is 12.0 Å². The van der Waals surface area contributed by atoms with Crippen molar-refractivity contribution in [3.8, 4) is 0 Å². The molecule has 2 rings (SSSR count). The third-order valence-electron chi connectivity index (χ3n) is 5.07. The quantitative estimate of drug-likeness (QED) is 0.813. The molecule has 1 heterocycles. The zero-order valence-electron chi connectivity index (χ0n) is 17.9. The highest BCUT2D eigenvalue weighted by atomic mass is 16.6. The second-order valence-corrected chi connectivity index (χ2v) is 8.79.